The number of hydrogen-bond acceptors (Lipinski definition) is 3. The van der Waals surface area contributed by atoms with E-state index in [1.807, 2.05) is 6.07 Å². The van der Waals surface area contributed by atoms with Crippen LogP contribution in [0.3, 0.4) is 0 Å². The fourth-order valence-electron chi connectivity index (χ4n) is 3.45. The van der Waals surface area contributed by atoms with Crippen molar-refractivity contribution in [1.82, 2.24) is 5.32 Å². The highest BCUT2D eigenvalue weighted by molar-refractivity contribution is 5.86. The molecule has 1 aliphatic heterocycles. The Labute approximate surface area is 152 Å². The average Bonchev–Trinajstić information content (AvgIpc) is 3.13. The van der Waals surface area contributed by atoms with E-state index in [0.29, 0.717) is 18.3 Å². The zero-order valence-electron chi connectivity index (χ0n) is 14.4. The van der Waals surface area contributed by atoms with Gasteiger partial charge in [0.2, 0.25) is 0 Å². The molecule has 1 unspecified atom stereocenters. The Morgan fingerprint density at radius 2 is 1.85 bits per heavy atom. The molecule has 132 valence electrons. The van der Waals surface area contributed by atoms with E-state index in [2.05, 4.69) is 53.9 Å². The quantitative estimate of drug-likeness (QED) is 0.866. The van der Waals surface area contributed by atoms with Crippen molar-refractivity contribution in [3.63, 3.8) is 0 Å². The third-order valence-electron chi connectivity index (χ3n) is 4.77. The van der Waals surface area contributed by atoms with Crippen molar-refractivity contribution >= 4 is 5.84 Å². The molecule has 2 aromatic rings. The van der Waals surface area contributed by atoms with Crippen molar-refractivity contribution in [2.24, 2.45) is 10.9 Å². The SMILES string of the molecule is Fc1ccc(OCC2=N[C@@H](C3C=CC=CC3)[C@@H](c3ccccc3)N2)cc1. The van der Waals surface area contributed by atoms with Gasteiger partial charge in [0.15, 0.2) is 0 Å². The summed E-state index contributed by atoms with van der Waals surface area (Å²) in [5, 5.41) is 3.53. The number of ether oxygens (including phenoxy) is 1. The summed E-state index contributed by atoms with van der Waals surface area (Å²) in [7, 11) is 0. The minimum absolute atomic E-state index is 0.129. The van der Waals surface area contributed by atoms with Crippen LogP contribution in [0.1, 0.15) is 18.0 Å². The van der Waals surface area contributed by atoms with Crippen LogP contribution in [-0.4, -0.2) is 18.5 Å². The van der Waals surface area contributed by atoms with Crippen molar-refractivity contribution in [2.45, 2.75) is 18.5 Å². The molecule has 0 radical (unpaired) electrons. The van der Waals surface area contributed by atoms with Gasteiger partial charge in [-0.15, -0.1) is 0 Å². The Balaban J connectivity index is 1.50. The van der Waals surface area contributed by atoms with E-state index in [9.17, 15) is 4.39 Å². The lowest BCUT2D eigenvalue weighted by Crippen LogP contribution is -2.32. The van der Waals surface area contributed by atoms with E-state index in [0.717, 1.165) is 12.3 Å². The predicted octanol–water partition coefficient (Wildman–Crippen LogP) is 4.45. The van der Waals surface area contributed by atoms with Gasteiger partial charge in [0, 0.05) is 5.92 Å². The minimum Gasteiger partial charge on any atom is -0.486 e. The van der Waals surface area contributed by atoms with Crippen LogP contribution in [0.2, 0.25) is 0 Å². The number of halogens is 1. The zero-order chi connectivity index (χ0) is 17.8. The van der Waals surface area contributed by atoms with Crippen molar-refractivity contribution in [2.75, 3.05) is 6.61 Å². The summed E-state index contributed by atoms with van der Waals surface area (Å²) >= 11 is 0. The number of nitrogens with one attached hydrogen (secondary N) is 1. The van der Waals surface area contributed by atoms with E-state index in [-0.39, 0.29) is 17.9 Å². The van der Waals surface area contributed by atoms with Gasteiger partial charge in [-0.25, -0.2) is 4.39 Å². The molecule has 4 rings (SSSR count). The smallest absolute Gasteiger partial charge is 0.145 e. The Bertz CT molecular complexity index is 827. The highest BCUT2D eigenvalue weighted by atomic mass is 19.1. The van der Waals surface area contributed by atoms with Crippen LogP contribution in [0, 0.1) is 11.7 Å². The first kappa shape index (κ1) is 16.6. The maximum atomic E-state index is 13.0. The van der Waals surface area contributed by atoms with Gasteiger partial charge >= 0.3 is 0 Å². The number of rotatable bonds is 5. The van der Waals surface area contributed by atoms with Gasteiger partial charge in [0.1, 0.15) is 24.0 Å². The molecule has 1 heterocycles. The molecule has 1 N–H and O–H groups in total. The lowest BCUT2D eigenvalue weighted by atomic mass is 9.86. The lowest BCUT2D eigenvalue weighted by molar-refractivity contribution is 0.371. The first-order valence-corrected chi connectivity index (χ1v) is 8.89. The van der Waals surface area contributed by atoms with Gasteiger partial charge in [-0.05, 0) is 36.2 Å². The fourth-order valence-corrected chi connectivity index (χ4v) is 3.45. The minimum atomic E-state index is -0.268. The molecule has 26 heavy (non-hydrogen) atoms. The fraction of sp³-hybridized carbons (Fsp3) is 0.227. The van der Waals surface area contributed by atoms with Gasteiger partial charge in [0.05, 0.1) is 12.1 Å². The van der Waals surface area contributed by atoms with Crippen LogP contribution >= 0.6 is 0 Å². The summed E-state index contributed by atoms with van der Waals surface area (Å²) < 4.78 is 18.8. The van der Waals surface area contributed by atoms with Gasteiger partial charge in [-0.2, -0.15) is 0 Å². The Kier molecular flexibility index (Phi) is 4.82. The van der Waals surface area contributed by atoms with E-state index in [4.69, 9.17) is 9.73 Å². The second-order valence-electron chi connectivity index (χ2n) is 6.55. The first-order valence-electron chi connectivity index (χ1n) is 8.89. The number of amidine groups is 1. The molecule has 3 atom stereocenters. The third-order valence-corrected chi connectivity index (χ3v) is 4.77. The van der Waals surface area contributed by atoms with Crippen LogP contribution < -0.4 is 10.1 Å². The van der Waals surface area contributed by atoms with Gasteiger partial charge in [-0.3, -0.25) is 4.99 Å². The molecule has 0 amide bonds. The maximum Gasteiger partial charge on any atom is 0.145 e. The van der Waals surface area contributed by atoms with E-state index >= 15 is 0 Å². The highest BCUT2D eigenvalue weighted by Gasteiger charge is 2.34. The monoisotopic (exact) mass is 348 g/mol. The number of benzene rings is 2. The molecular weight excluding hydrogens is 327 g/mol. The van der Waals surface area contributed by atoms with Crippen molar-refractivity contribution < 1.29 is 9.13 Å². The molecule has 1 aliphatic carbocycles. The standard InChI is InChI=1S/C22H21FN2O/c23-18-11-13-19(14-12-18)26-15-20-24-21(16-7-3-1-4-8-16)22(25-20)17-9-5-2-6-10-17/h1-9,11-14,17,21-22H,10,15H2,(H,24,25)/t17?,21-,22+/m1/s1. The van der Waals surface area contributed by atoms with Crippen molar-refractivity contribution in [3.05, 3.63) is 90.3 Å². The van der Waals surface area contributed by atoms with Crippen LogP contribution in [0.25, 0.3) is 0 Å². The third kappa shape index (κ3) is 3.69. The Morgan fingerprint density at radius 3 is 2.58 bits per heavy atom. The van der Waals surface area contributed by atoms with Gasteiger partial charge in [0.25, 0.3) is 0 Å². The van der Waals surface area contributed by atoms with Crippen LogP contribution in [0.15, 0.2) is 83.9 Å². The van der Waals surface area contributed by atoms with Crippen molar-refractivity contribution in [3.8, 4) is 5.75 Å². The van der Waals surface area contributed by atoms with Crippen LogP contribution in [-0.2, 0) is 0 Å². The van der Waals surface area contributed by atoms with E-state index in [1.165, 1.54) is 17.7 Å². The molecule has 0 spiro atoms. The number of allylic oxidation sites excluding steroid dienone is 3. The first-order chi connectivity index (χ1) is 12.8. The normalized spacial score (nSPS) is 24.2. The zero-order valence-corrected chi connectivity index (χ0v) is 14.4. The largest absolute Gasteiger partial charge is 0.486 e. The molecule has 4 heteroatoms. The summed E-state index contributed by atoms with van der Waals surface area (Å²) in [6, 6.07) is 16.7. The van der Waals surface area contributed by atoms with Crippen LogP contribution in [0.5, 0.6) is 5.75 Å². The molecule has 2 aliphatic rings. The average molecular weight is 348 g/mol. The van der Waals surface area contributed by atoms with Gasteiger partial charge < -0.3 is 10.1 Å². The summed E-state index contributed by atoms with van der Waals surface area (Å²) in [6.45, 7) is 0.345. The topological polar surface area (TPSA) is 33.6 Å². The molecule has 2 aromatic carbocycles. The molecule has 0 saturated heterocycles. The second-order valence-corrected chi connectivity index (χ2v) is 6.55. The predicted molar refractivity (Wildman–Crippen MR) is 102 cm³/mol. The number of nitrogens with zero attached hydrogens (tertiary/aromatic N) is 1. The Morgan fingerprint density at radius 1 is 1.04 bits per heavy atom. The summed E-state index contributed by atoms with van der Waals surface area (Å²) in [4.78, 5) is 4.92. The highest BCUT2D eigenvalue weighted by Crippen LogP contribution is 2.32. The van der Waals surface area contributed by atoms with Crippen LogP contribution in [0.4, 0.5) is 4.39 Å². The molecule has 3 nitrogen and oxygen atoms in total. The van der Waals surface area contributed by atoms with Crippen molar-refractivity contribution in [1.29, 1.82) is 0 Å². The Hall–Kier alpha value is -2.88. The lowest BCUT2D eigenvalue weighted by Gasteiger charge is -2.25. The number of aliphatic imine (C=N–C) groups is 1. The maximum absolute atomic E-state index is 13.0. The molecule has 0 saturated carbocycles. The number of hydrogen-bond donors (Lipinski definition) is 1. The molecule has 0 aromatic heterocycles. The van der Waals surface area contributed by atoms with E-state index in [1.54, 1.807) is 12.1 Å². The van der Waals surface area contributed by atoms with Gasteiger partial charge in [-0.1, -0.05) is 54.6 Å². The molecule has 0 bridgehead atoms. The molecule has 0 fully saturated rings. The second kappa shape index (κ2) is 7.56. The summed E-state index contributed by atoms with van der Waals surface area (Å²) in [5.41, 5.74) is 1.22. The summed E-state index contributed by atoms with van der Waals surface area (Å²) in [5.74, 6) is 1.56. The van der Waals surface area contributed by atoms with E-state index < -0.39 is 0 Å². The summed E-state index contributed by atoms with van der Waals surface area (Å²) in [6.07, 6.45) is 9.59. The molecular formula is C22H21FN2O.